The maximum Gasteiger partial charge on any atom is 0.294 e. The van der Waals surface area contributed by atoms with E-state index in [1.807, 2.05) is 19.1 Å². The van der Waals surface area contributed by atoms with E-state index in [9.17, 15) is 23.1 Å². The van der Waals surface area contributed by atoms with Crippen molar-refractivity contribution in [3.63, 3.8) is 0 Å². The molecule has 3 aromatic rings. The smallest absolute Gasteiger partial charge is 0.294 e. The summed E-state index contributed by atoms with van der Waals surface area (Å²) in [6.07, 6.45) is 0. The van der Waals surface area contributed by atoms with Crippen LogP contribution in [0.5, 0.6) is 0 Å². The predicted molar refractivity (Wildman–Crippen MR) is 118 cm³/mol. The molecular weight excluding hydrogens is 436 g/mol. The summed E-state index contributed by atoms with van der Waals surface area (Å²) in [7, 11) is -3.91. The highest BCUT2D eigenvalue weighted by atomic mass is 32.2. The molecular formula is C22H18N2O5S2. The van der Waals surface area contributed by atoms with Gasteiger partial charge in [0.15, 0.2) is 5.76 Å². The number of thiophene rings is 1. The third-order valence-electron chi connectivity index (χ3n) is 5.03. The van der Waals surface area contributed by atoms with Crippen LogP contribution in [0.1, 0.15) is 26.8 Å². The number of aliphatic hydroxyl groups excluding tert-OH is 1. The number of amides is 1. The zero-order chi connectivity index (χ0) is 22.3. The highest BCUT2D eigenvalue weighted by Gasteiger charge is 2.44. The Hall–Kier alpha value is -3.27. The lowest BCUT2D eigenvalue weighted by atomic mass is 9.94. The van der Waals surface area contributed by atoms with Crippen LogP contribution in [-0.2, 0) is 14.8 Å². The van der Waals surface area contributed by atoms with Crippen LogP contribution in [0.3, 0.4) is 0 Å². The van der Waals surface area contributed by atoms with Gasteiger partial charge in [-0.1, -0.05) is 35.9 Å². The lowest BCUT2D eigenvalue weighted by molar-refractivity contribution is -0.117. The first-order chi connectivity index (χ1) is 14.7. The quantitative estimate of drug-likeness (QED) is 0.572. The van der Waals surface area contributed by atoms with Gasteiger partial charge in [0, 0.05) is 5.69 Å². The molecule has 0 saturated heterocycles. The third-order valence-corrected chi connectivity index (χ3v) is 6.83. The number of aryl methyl sites for hydroxylation is 1. The molecule has 0 radical (unpaired) electrons. The first-order valence-electron chi connectivity index (χ1n) is 9.23. The second kappa shape index (κ2) is 7.77. The monoisotopic (exact) mass is 454 g/mol. The molecule has 2 heterocycles. The van der Waals surface area contributed by atoms with Crippen molar-refractivity contribution < 1.29 is 23.1 Å². The maximum atomic E-state index is 13.2. The number of nitrogens with two attached hydrogens (primary N) is 1. The molecule has 1 atom stereocenters. The predicted octanol–water partition coefficient (Wildman–Crippen LogP) is 3.49. The Kier molecular flexibility index (Phi) is 5.26. The highest BCUT2D eigenvalue weighted by Crippen LogP contribution is 2.42. The Morgan fingerprint density at radius 3 is 2.26 bits per heavy atom. The van der Waals surface area contributed by atoms with Gasteiger partial charge in [-0.05, 0) is 48.2 Å². The third kappa shape index (κ3) is 3.78. The average molecular weight is 455 g/mol. The van der Waals surface area contributed by atoms with Gasteiger partial charge in [0.05, 0.1) is 21.4 Å². The van der Waals surface area contributed by atoms with Gasteiger partial charge in [0.2, 0.25) is 15.8 Å². The molecule has 158 valence electrons. The van der Waals surface area contributed by atoms with Crippen LogP contribution in [-0.4, -0.2) is 25.2 Å². The van der Waals surface area contributed by atoms with Gasteiger partial charge in [0.25, 0.3) is 5.91 Å². The van der Waals surface area contributed by atoms with Gasteiger partial charge in [-0.15, -0.1) is 11.3 Å². The summed E-state index contributed by atoms with van der Waals surface area (Å²) in [6, 6.07) is 15.2. The van der Waals surface area contributed by atoms with Crippen molar-refractivity contribution in [2.75, 3.05) is 4.90 Å². The van der Waals surface area contributed by atoms with Crippen LogP contribution >= 0.6 is 11.3 Å². The summed E-state index contributed by atoms with van der Waals surface area (Å²) >= 11 is 1.22. The second-order valence-corrected chi connectivity index (χ2v) is 9.61. The number of anilines is 1. The number of carbonyl (C=O) groups excluding carboxylic acids is 2. The maximum absolute atomic E-state index is 13.2. The van der Waals surface area contributed by atoms with E-state index < -0.39 is 33.5 Å². The minimum atomic E-state index is -3.91. The second-order valence-electron chi connectivity index (χ2n) is 7.10. The Morgan fingerprint density at radius 1 is 1.06 bits per heavy atom. The number of hydrogen-bond acceptors (Lipinski definition) is 6. The van der Waals surface area contributed by atoms with Gasteiger partial charge >= 0.3 is 0 Å². The van der Waals surface area contributed by atoms with Crippen molar-refractivity contribution in [2.45, 2.75) is 17.9 Å². The number of nitrogens with zero attached hydrogens (tertiary/aromatic N) is 1. The van der Waals surface area contributed by atoms with Crippen molar-refractivity contribution in [1.29, 1.82) is 0 Å². The minimum absolute atomic E-state index is 0.0215. The fourth-order valence-electron chi connectivity index (χ4n) is 3.50. The molecule has 1 aliphatic heterocycles. The first-order valence-corrected chi connectivity index (χ1v) is 11.7. The lowest BCUT2D eigenvalue weighted by Gasteiger charge is -2.27. The molecule has 0 bridgehead atoms. The number of Topliss-reactive ketones (excluding diaryl/α,β-unsaturated/α-hetero) is 1. The minimum Gasteiger partial charge on any atom is -0.503 e. The summed E-state index contributed by atoms with van der Waals surface area (Å²) < 4.78 is 23.2. The van der Waals surface area contributed by atoms with Gasteiger partial charge in [0.1, 0.15) is 0 Å². The van der Waals surface area contributed by atoms with Crippen LogP contribution in [0.15, 0.2) is 82.3 Å². The molecule has 0 unspecified atom stereocenters. The zero-order valence-corrected chi connectivity index (χ0v) is 18.0. The summed E-state index contributed by atoms with van der Waals surface area (Å²) in [6.45, 7) is 1.92. The number of hydrogen-bond donors (Lipinski definition) is 2. The summed E-state index contributed by atoms with van der Waals surface area (Å²) in [4.78, 5) is 27.8. The van der Waals surface area contributed by atoms with Crippen LogP contribution in [0.4, 0.5) is 5.69 Å². The molecule has 2 aromatic carbocycles. The molecule has 1 aliphatic rings. The number of sulfonamides is 1. The molecule has 0 aliphatic carbocycles. The number of primary sulfonamides is 1. The largest absolute Gasteiger partial charge is 0.503 e. The van der Waals surface area contributed by atoms with Crippen molar-refractivity contribution in [1.82, 2.24) is 0 Å². The molecule has 9 heteroatoms. The number of carbonyl (C=O) groups is 2. The number of aliphatic hydroxyl groups is 1. The van der Waals surface area contributed by atoms with Crippen molar-refractivity contribution in [3.05, 3.63) is 93.4 Å². The Labute approximate surface area is 183 Å². The SMILES string of the molecule is Cc1ccc([C@@H]2C(C(=O)c3cccs3)=C(O)C(=O)N2c2ccc(S(N)(=O)=O)cc2)cc1. The molecule has 4 rings (SSSR count). The lowest BCUT2D eigenvalue weighted by Crippen LogP contribution is -2.31. The van der Waals surface area contributed by atoms with Crippen molar-refractivity contribution in [2.24, 2.45) is 5.14 Å². The van der Waals surface area contributed by atoms with Crippen molar-refractivity contribution in [3.8, 4) is 0 Å². The van der Waals surface area contributed by atoms with E-state index in [1.165, 1.54) is 40.5 Å². The van der Waals surface area contributed by atoms with E-state index in [0.717, 1.165) is 5.56 Å². The molecule has 3 N–H and O–H groups in total. The Balaban J connectivity index is 1.85. The summed E-state index contributed by atoms with van der Waals surface area (Å²) in [5, 5.41) is 17.6. The van der Waals surface area contributed by atoms with Crippen LogP contribution in [0.25, 0.3) is 0 Å². The fraction of sp³-hybridized carbons (Fsp3) is 0.0909. The van der Waals surface area contributed by atoms with Gasteiger partial charge in [-0.25, -0.2) is 13.6 Å². The fourth-order valence-corrected chi connectivity index (χ4v) is 4.70. The summed E-state index contributed by atoms with van der Waals surface area (Å²) in [5.41, 5.74) is 1.94. The molecule has 0 fully saturated rings. The van der Waals surface area contributed by atoms with E-state index >= 15 is 0 Å². The highest BCUT2D eigenvalue weighted by molar-refractivity contribution is 7.89. The normalized spacial score (nSPS) is 16.8. The Bertz CT molecular complexity index is 1290. The van der Waals surface area contributed by atoms with E-state index in [1.54, 1.807) is 29.6 Å². The summed E-state index contributed by atoms with van der Waals surface area (Å²) in [5.74, 6) is -1.80. The van der Waals surface area contributed by atoms with Crippen molar-refractivity contribution >= 4 is 38.7 Å². The molecule has 31 heavy (non-hydrogen) atoms. The van der Waals surface area contributed by atoms with Gasteiger partial charge in [-0.2, -0.15) is 0 Å². The first kappa shape index (κ1) is 21.0. The molecule has 1 amide bonds. The van der Waals surface area contributed by atoms with Crippen LogP contribution in [0, 0.1) is 6.92 Å². The van der Waals surface area contributed by atoms with Crippen LogP contribution < -0.4 is 10.0 Å². The van der Waals surface area contributed by atoms with Crippen LogP contribution in [0.2, 0.25) is 0 Å². The molecule has 0 saturated carbocycles. The number of rotatable bonds is 5. The Morgan fingerprint density at radius 2 is 1.71 bits per heavy atom. The standard InChI is InChI=1S/C22H18N2O5S2/c1-13-4-6-14(7-5-13)19-18(20(25)17-3-2-12-30-17)21(26)22(27)24(19)15-8-10-16(11-9-15)31(23,28)29/h2-12,19,26H,1H3,(H2,23,28,29)/t19-/m1/s1. The van der Waals surface area contributed by atoms with E-state index in [2.05, 4.69) is 0 Å². The molecule has 1 aromatic heterocycles. The van der Waals surface area contributed by atoms with E-state index in [4.69, 9.17) is 5.14 Å². The molecule has 0 spiro atoms. The number of benzene rings is 2. The van der Waals surface area contributed by atoms with E-state index in [-0.39, 0.29) is 10.5 Å². The number of ketones is 1. The molecule has 7 nitrogen and oxygen atoms in total. The average Bonchev–Trinajstić information content (AvgIpc) is 3.35. The van der Waals surface area contributed by atoms with Gasteiger partial charge < -0.3 is 5.11 Å². The van der Waals surface area contributed by atoms with Gasteiger partial charge in [-0.3, -0.25) is 14.5 Å². The topological polar surface area (TPSA) is 118 Å². The zero-order valence-electron chi connectivity index (χ0n) is 16.3. The van der Waals surface area contributed by atoms with E-state index in [0.29, 0.717) is 16.1 Å².